The summed E-state index contributed by atoms with van der Waals surface area (Å²) < 4.78 is 7.70. The zero-order valence-corrected chi connectivity index (χ0v) is 34.7. The van der Waals surface area contributed by atoms with Crippen molar-refractivity contribution >= 4 is 63.8 Å². The number of anilines is 3. The molecular weight excluding hydrogens is 745 g/mol. The van der Waals surface area contributed by atoms with E-state index in [0.29, 0.717) is 47.6 Å². The number of carbonyl (C=O) groups excluding carboxylic acids is 2. The van der Waals surface area contributed by atoms with E-state index in [1.807, 2.05) is 17.9 Å². The van der Waals surface area contributed by atoms with E-state index in [0.717, 1.165) is 31.2 Å². The van der Waals surface area contributed by atoms with Crippen LogP contribution in [0.1, 0.15) is 109 Å². The molecule has 9 nitrogen and oxygen atoms in total. The Morgan fingerprint density at radius 2 is 1.61 bits per heavy atom. The standard InChI is InChI=1S/C42H52Cl3N5O4/c1-9-33(54-34-18-17-27(41(5,6)10-2)21-30(34)42(7,8)11-3)39(52)46-29-16-12-15-26(20-29)38(51)47-37-36(49-19-13-14-25(4)24-49)40(53)50(48-37)35-31(44)22-28(43)23-32(35)45/h12,15-18,20-23,25,33,48H,9-11,13-14,19,24H2,1-8H3,(H,46,52)(H,47,51). The van der Waals surface area contributed by atoms with Crippen LogP contribution >= 0.6 is 34.8 Å². The topological polar surface area (TPSA) is 108 Å². The molecule has 4 aromatic rings. The fourth-order valence-electron chi connectivity index (χ4n) is 6.71. The minimum Gasteiger partial charge on any atom is -0.480 e. The predicted molar refractivity (Wildman–Crippen MR) is 223 cm³/mol. The van der Waals surface area contributed by atoms with Crippen LogP contribution in [0.5, 0.6) is 5.75 Å². The van der Waals surface area contributed by atoms with E-state index < -0.39 is 17.6 Å². The molecule has 0 bridgehead atoms. The molecule has 1 aliphatic heterocycles. The van der Waals surface area contributed by atoms with Crippen LogP contribution in [0.4, 0.5) is 17.2 Å². The normalized spacial score (nSPS) is 15.5. The van der Waals surface area contributed by atoms with Crippen LogP contribution in [0, 0.1) is 5.92 Å². The third-order valence-electron chi connectivity index (χ3n) is 10.9. The minimum absolute atomic E-state index is 0.00104. The number of aromatic amines is 1. The molecule has 0 aliphatic carbocycles. The van der Waals surface area contributed by atoms with E-state index in [1.165, 1.54) is 22.4 Å². The minimum atomic E-state index is -0.773. The van der Waals surface area contributed by atoms with Crippen molar-refractivity contribution < 1.29 is 14.3 Å². The molecule has 3 aromatic carbocycles. The number of piperidine rings is 1. The molecular formula is C42H52Cl3N5O4. The summed E-state index contributed by atoms with van der Waals surface area (Å²) in [6.07, 6.45) is 3.49. The highest BCUT2D eigenvalue weighted by atomic mass is 35.5. The Morgan fingerprint density at radius 3 is 2.24 bits per heavy atom. The molecule has 0 spiro atoms. The lowest BCUT2D eigenvalue weighted by Gasteiger charge is -2.31. The molecule has 290 valence electrons. The maximum Gasteiger partial charge on any atom is 0.297 e. The molecule has 5 rings (SSSR count). The van der Waals surface area contributed by atoms with Gasteiger partial charge in [0.05, 0.1) is 10.0 Å². The van der Waals surface area contributed by atoms with Gasteiger partial charge in [0, 0.05) is 34.9 Å². The van der Waals surface area contributed by atoms with Gasteiger partial charge in [-0.1, -0.05) is 108 Å². The number of halogens is 3. The molecule has 1 aromatic heterocycles. The molecule has 2 unspecified atom stereocenters. The van der Waals surface area contributed by atoms with Crippen molar-refractivity contribution in [3.63, 3.8) is 0 Å². The number of amides is 2. The highest BCUT2D eigenvalue weighted by Crippen LogP contribution is 2.39. The zero-order chi connectivity index (χ0) is 39.5. The molecule has 2 atom stereocenters. The number of H-pyrrole nitrogens is 1. The number of aromatic nitrogens is 2. The van der Waals surface area contributed by atoms with E-state index in [2.05, 4.69) is 76.3 Å². The number of carbonyl (C=O) groups is 2. The number of nitrogens with one attached hydrogen (secondary N) is 3. The molecule has 3 N–H and O–H groups in total. The molecule has 2 amide bonds. The molecule has 0 radical (unpaired) electrons. The van der Waals surface area contributed by atoms with Gasteiger partial charge in [-0.25, -0.2) is 4.68 Å². The summed E-state index contributed by atoms with van der Waals surface area (Å²) >= 11 is 19.2. The monoisotopic (exact) mass is 795 g/mol. The fourth-order valence-corrected chi connectivity index (χ4v) is 7.69. The van der Waals surface area contributed by atoms with E-state index in [1.54, 1.807) is 24.3 Å². The first-order valence-corrected chi connectivity index (χ1v) is 19.9. The van der Waals surface area contributed by atoms with E-state index in [4.69, 9.17) is 39.5 Å². The lowest BCUT2D eigenvalue weighted by atomic mass is 9.76. The summed E-state index contributed by atoms with van der Waals surface area (Å²) in [5, 5.41) is 9.57. The Balaban J connectivity index is 1.40. The second-order valence-corrected chi connectivity index (χ2v) is 16.9. The van der Waals surface area contributed by atoms with Crippen molar-refractivity contribution in [2.75, 3.05) is 28.6 Å². The molecule has 1 saturated heterocycles. The molecule has 1 aliphatic rings. The SMILES string of the molecule is CCC(Oc1ccc(C(C)(C)CC)cc1C(C)(C)CC)C(=O)Nc1cccc(C(=O)Nc2[nH]n(-c3c(Cl)cc(Cl)cc3Cl)c(=O)c2N2CCCC(C)C2)c1. The first-order chi connectivity index (χ1) is 25.5. The highest BCUT2D eigenvalue weighted by molar-refractivity contribution is 6.40. The summed E-state index contributed by atoms with van der Waals surface area (Å²) in [5.74, 6) is 0.431. The predicted octanol–water partition coefficient (Wildman–Crippen LogP) is 10.8. The van der Waals surface area contributed by atoms with Crippen molar-refractivity contribution in [3.8, 4) is 11.4 Å². The summed E-state index contributed by atoms with van der Waals surface area (Å²) in [4.78, 5) is 43.5. The average Bonchev–Trinajstić information content (AvgIpc) is 3.44. The molecule has 2 heterocycles. The van der Waals surface area contributed by atoms with Crippen LogP contribution in [0.2, 0.25) is 15.1 Å². The Morgan fingerprint density at radius 1 is 0.926 bits per heavy atom. The highest BCUT2D eigenvalue weighted by Gasteiger charge is 2.30. The largest absolute Gasteiger partial charge is 0.480 e. The first-order valence-electron chi connectivity index (χ1n) is 18.8. The number of nitrogens with zero attached hydrogens (tertiary/aromatic N) is 2. The maximum absolute atomic E-state index is 14.0. The van der Waals surface area contributed by atoms with Crippen LogP contribution in [-0.4, -0.2) is 40.8 Å². The van der Waals surface area contributed by atoms with Gasteiger partial charge in [-0.05, 0) is 90.8 Å². The lowest BCUT2D eigenvalue weighted by molar-refractivity contribution is -0.122. The Kier molecular flexibility index (Phi) is 12.9. The van der Waals surface area contributed by atoms with Crippen molar-refractivity contribution in [2.24, 2.45) is 5.92 Å². The van der Waals surface area contributed by atoms with Gasteiger partial charge >= 0.3 is 0 Å². The fraction of sp³-hybridized carbons (Fsp3) is 0.452. The van der Waals surface area contributed by atoms with Gasteiger partial charge in [-0.2, -0.15) is 0 Å². The van der Waals surface area contributed by atoms with Gasteiger partial charge in [0.25, 0.3) is 17.4 Å². The van der Waals surface area contributed by atoms with Crippen molar-refractivity contribution in [3.05, 3.63) is 96.7 Å². The van der Waals surface area contributed by atoms with Gasteiger partial charge in [-0.3, -0.25) is 19.5 Å². The molecule has 0 saturated carbocycles. The third kappa shape index (κ3) is 8.96. The zero-order valence-electron chi connectivity index (χ0n) is 32.5. The Bertz CT molecular complexity index is 2050. The van der Waals surface area contributed by atoms with Gasteiger partial charge in [0.1, 0.15) is 17.1 Å². The van der Waals surface area contributed by atoms with E-state index in [9.17, 15) is 14.4 Å². The Labute approximate surface area is 333 Å². The smallest absolute Gasteiger partial charge is 0.297 e. The van der Waals surface area contributed by atoms with Crippen molar-refractivity contribution in [2.45, 2.75) is 104 Å². The van der Waals surface area contributed by atoms with Crippen LogP contribution in [-0.2, 0) is 15.6 Å². The van der Waals surface area contributed by atoms with Gasteiger partial charge in [-0.15, -0.1) is 0 Å². The summed E-state index contributed by atoms with van der Waals surface area (Å²) in [7, 11) is 0. The Hall–Kier alpha value is -3.92. The van der Waals surface area contributed by atoms with Crippen LogP contribution < -0.4 is 25.8 Å². The molecule has 1 fully saturated rings. The lowest BCUT2D eigenvalue weighted by Crippen LogP contribution is -2.37. The average molecular weight is 797 g/mol. The van der Waals surface area contributed by atoms with Crippen LogP contribution in [0.25, 0.3) is 5.69 Å². The molecule has 12 heteroatoms. The van der Waals surface area contributed by atoms with E-state index in [-0.39, 0.29) is 43.9 Å². The van der Waals surface area contributed by atoms with E-state index >= 15 is 0 Å². The summed E-state index contributed by atoms with van der Waals surface area (Å²) in [6.45, 7) is 18.5. The maximum atomic E-state index is 14.0. The summed E-state index contributed by atoms with van der Waals surface area (Å²) in [5.41, 5.74) is 2.96. The second-order valence-electron chi connectivity index (χ2n) is 15.6. The van der Waals surface area contributed by atoms with Crippen molar-refractivity contribution in [1.29, 1.82) is 0 Å². The number of hydrogen-bond acceptors (Lipinski definition) is 5. The third-order valence-corrected chi connectivity index (χ3v) is 11.7. The number of ether oxygens (including phenoxy) is 1. The number of rotatable bonds is 13. The quantitative estimate of drug-likeness (QED) is 0.125. The van der Waals surface area contributed by atoms with Gasteiger partial charge in [0.15, 0.2) is 11.9 Å². The second kappa shape index (κ2) is 16.8. The van der Waals surface area contributed by atoms with Crippen LogP contribution in [0.3, 0.4) is 0 Å². The van der Waals surface area contributed by atoms with Gasteiger partial charge in [0.2, 0.25) is 0 Å². The van der Waals surface area contributed by atoms with Crippen molar-refractivity contribution in [1.82, 2.24) is 9.78 Å². The molecule has 54 heavy (non-hydrogen) atoms. The van der Waals surface area contributed by atoms with Crippen LogP contribution in [0.15, 0.2) is 59.4 Å². The number of hydrogen-bond donors (Lipinski definition) is 3. The van der Waals surface area contributed by atoms with Gasteiger partial charge < -0.3 is 20.3 Å². The first kappa shape index (κ1) is 41.2. The number of benzene rings is 3. The summed E-state index contributed by atoms with van der Waals surface area (Å²) in [6, 6.07) is 16.0.